The van der Waals surface area contributed by atoms with Gasteiger partial charge in [-0.25, -0.2) is 0 Å². The van der Waals surface area contributed by atoms with Crippen LogP contribution >= 0.6 is 24.0 Å². The fraction of sp³-hybridized carbons (Fsp3) is 0.417. The molecule has 0 fully saturated rings. The van der Waals surface area contributed by atoms with Crippen LogP contribution in [0, 0.1) is 0 Å². The van der Waals surface area contributed by atoms with Crippen LogP contribution in [0.15, 0.2) is 35.3 Å². The molecule has 2 N–H and O–H groups in total. The van der Waals surface area contributed by atoms with Gasteiger partial charge in [-0.2, -0.15) is 0 Å². The number of benzene rings is 1. The van der Waals surface area contributed by atoms with Crippen molar-refractivity contribution in [3.8, 4) is 0 Å². The summed E-state index contributed by atoms with van der Waals surface area (Å²) in [5.74, 6) is 0.842. The van der Waals surface area contributed by atoms with Gasteiger partial charge in [0.2, 0.25) is 0 Å². The molecule has 0 aliphatic rings. The van der Waals surface area contributed by atoms with Crippen molar-refractivity contribution >= 4 is 29.9 Å². The summed E-state index contributed by atoms with van der Waals surface area (Å²) < 4.78 is 0. The van der Waals surface area contributed by atoms with E-state index in [1.165, 1.54) is 5.56 Å². The average Bonchev–Trinajstić information content (AvgIpc) is 2.25. The molecular weight excluding hydrogens is 313 g/mol. The maximum Gasteiger partial charge on any atom is 0.191 e. The van der Waals surface area contributed by atoms with Gasteiger partial charge in [0, 0.05) is 19.6 Å². The van der Waals surface area contributed by atoms with Crippen molar-refractivity contribution in [2.24, 2.45) is 4.99 Å². The van der Waals surface area contributed by atoms with Crippen molar-refractivity contribution in [1.82, 2.24) is 10.6 Å². The number of nitrogens with zero attached hydrogens (tertiary/aromatic N) is 1. The van der Waals surface area contributed by atoms with E-state index in [1.54, 1.807) is 7.05 Å². The van der Waals surface area contributed by atoms with Gasteiger partial charge in [-0.15, -0.1) is 24.0 Å². The first-order chi connectivity index (χ1) is 7.22. The van der Waals surface area contributed by atoms with Gasteiger partial charge in [-0.1, -0.05) is 30.3 Å². The van der Waals surface area contributed by atoms with Crippen molar-refractivity contribution in [2.45, 2.75) is 26.4 Å². The summed E-state index contributed by atoms with van der Waals surface area (Å²) >= 11 is 0. The van der Waals surface area contributed by atoms with Gasteiger partial charge in [0.05, 0.1) is 0 Å². The summed E-state index contributed by atoms with van der Waals surface area (Å²) in [6.07, 6.45) is 0. The first kappa shape index (κ1) is 15.2. The van der Waals surface area contributed by atoms with Crippen LogP contribution < -0.4 is 10.6 Å². The standard InChI is InChI=1S/C12H19N3.HI/c1-10(2)15-12(13-3)14-9-11-7-5-4-6-8-11;/h4-8,10H,9H2,1-3H3,(H2,13,14,15);1H. The van der Waals surface area contributed by atoms with Gasteiger partial charge in [0.15, 0.2) is 5.96 Å². The minimum atomic E-state index is 0. The van der Waals surface area contributed by atoms with Crippen molar-refractivity contribution in [3.63, 3.8) is 0 Å². The summed E-state index contributed by atoms with van der Waals surface area (Å²) in [6.45, 7) is 4.98. The van der Waals surface area contributed by atoms with Gasteiger partial charge >= 0.3 is 0 Å². The molecule has 0 amide bonds. The molecule has 0 saturated carbocycles. The number of nitrogens with one attached hydrogen (secondary N) is 2. The van der Waals surface area contributed by atoms with E-state index in [0.29, 0.717) is 6.04 Å². The van der Waals surface area contributed by atoms with Crippen molar-refractivity contribution < 1.29 is 0 Å². The lowest BCUT2D eigenvalue weighted by atomic mass is 10.2. The molecule has 0 saturated heterocycles. The van der Waals surface area contributed by atoms with Crippen LogP contribution in [0.3, 0.4) is 0 Å². The zero-order valence-electron chi connectivity index (χ0n) is 10.0. The Morgan fingerprint density at radius 3 is 2.38 bits per heavy atom. The highest BCUT2D eigenvalue weighted by molar-refractivity contribution is 14.0. The second-order valence-electron chi connectivity index (χ2n) is 3.71. The minimum absolute atomic E-state index is 0. The SMILES string of the molecule is CN=C(NCc1ccccc1)NC(C)C.I. The fourth-order valence-corrected chi connectivity index (χ4v) is 1.25. The Hall–Kier alpha value is -0.780. The predicted octanol–water partition coefficient (Wildman–Crippen LogP) is 2.38. The molecular formula is C12H20IN3. The van der Waals surface area contributed by atoms with Crippen LogP contribution in [0.1, 0.15) is 19.4 Å². The van der Waals surface area contributed by atoms with Gasteiger partial charge < -0.3 is 10.6 Å². The highest BCUT2D eigenvalue weighted by Gasteiger charge is 1.98. The third kappa shape index (κ3) is 5.95. The Labute approximate surface area is 115 Å². The summed E-state index contributed by atoms with van der Waals surface area (Å²) in [6, 6.07) is 10.7. The molecule has 0 aliphatic carbocycles. The van der Waals surface area contributed by atoms with Crippen LogP contribution in [0.5, 0.6) is 0 Å². The molecule has 0 heterocycles. The van der Waals surface area contributed by atoms with E-state index in [9.17, 15) is 0 Å². The zero-order chi connectivity index (χ0) is 11.1. The molecule has 0 unspecified atom stereocenters. The smallest absolute Gasteiger partial charge is 0.191 e. The molecule has 0 atom stereocenters. The van der Waals surface area contributed by atoms with E-state index >= 15 is 0 Å². The summed E-state index contributed by atoms with van der Waals surface area (Å²) in [5.41, 5.74) is 1.25. The quantitative estimate of drug-likeness (QED) is 0.506. The maximum absolute atomic E-state index is 4.14. The van der Waals surface area contributed by atoms with Crippen LogP contribution in [-0.2, 0) is 6.54 Å². The molecule has 0 radical (unpaired) electrons. The summed E-state index contributed by atoms with van der Waals surface area (Å²) in [7, 11) is 1.78. The Morgan fingerprint density at radius 1 is 1.25 bits per heavy atom. The third-order valence-corrected chi connectivity index (χ3v) is 1.95. The van der Waals surface area contributed by atoms with Gasteiger partial charge in [0.25, 0.3) is 0 Å². The van der Waals surface area contributed by atoms with E-state index < -0.39 is 0 Å². The van der Waals surface area contributed by atoms with Gasteiger partial charge in [0.1, 0.15) is 0 Å². The molecule has 4 heteroatoms. The van der Waals surface area contributed by atoms with E-state index in [0.717, 1.165) is 12.5 Å². The molecule has 16 heavy (non-hydrogen) atoms. The van der Waals surface area contributed by atoms with Gasteiger partial charge in [-0.3, -0.25) is 4.99 Å². The average molecular weight is 333 g/mol. The van der Waals surface area contributed by atoms with Crippen LogP contribution in [0.2, 0.25) is 0 Å². The van der Waals surface area contributed by atoms with E-state index in [-0.39, 0.29) is 24.0 Å². The molecule has 0 spiro atoms. The van der Waals surface area contributed by atoms with E-state index in [4.69, 9.17) is 0 Å². The number of aliphatic imine (C=N–C) groups is 1. The molecule has 1 aromatic rings. The first-order valence-corrected chi connectivity index (χ1v) is 5.23. The second kappa shape index (κ2) is 8.38. The van der Waals surface area contributed by atoms with Crippen LogP contribution in [-0.4, -0.2) is 19.0 Å². The molecule has 0 aromatic heterocycles. The second-order valence-corrected chi connectivity index (χ2v) is 3.71. The number of hydrogen-bond donors (Lipinski definition) is 2. The Balaban J connectivity index is 0.00000225. The zero-order valence-corrected chi connectivity index (χ0v) is 12.4. The molecule has 0 bridgehead atoms. The minimum Gasteiger partial charge on any atom is -0.354 e. The van der Waals surface area contributed by atoms with Crippen LogP contribution in [0.4, 0.5) is 0 Å². The van der Waals surface area contributed by atoms with Crippen molar-refractivity contribution in [3.05, 3.63) is 35.9 Å². The third-order valence-electron chi connectivity index (χ3n) is 1.95. The largest absolute Gasteiger partial charge is 0.354 e. The molecule has 1 rings (SSSR count). The number of hydrogen-bond acceptors (Lipinski definition) is 1. The molecule has 1 aromatic carbocycles. The number of halogens is 1. The highest BCUT2D eigenvalue weighted by Crippen LogP contribution is 1.96. The highest BCUT2D eigenvalue weighted by atomic mass is 127. The van der Waals surface area contributed by atoms with Crippen molar-refractivity contribution in [2.75, 3.05) is 7.05 Å². The summed E-state index contributed by atoms with van der Waals surface area (Å²) in [5, 5.41) is 6.49. The predicted molar refractivity (Wildman–Crippen MR) is 80.3 cm³/mol. The molecule has 90 valence electrons. The molecule has 0 aliphatic heterocycles. The summed E-state index contributed by atoms with van der Waals surface area (Å²) in [4.78, 5) is 4.14. The lowest BCUT2D eigenvalue weighted by Gasteiger charge is -2.14. The lowest BCUT2D eigenvalue weighted by Crippen LogP contribution is -2.40. The monoisotopic (exact) mass is 333 g/mol. The van der Waals surface area contributed by atoms with Crippen molar-refractivity contribution in [1.29, 1.82) is 0 Å². The maximum atomic E-state index is 4.14. The topological polar surface area (TPSA) is 36.4 Å². The number of guanidine groups is 1. The Bertz CT molecular complexity index is 309. The normalized spacial score (nSPS) is 10.9. The van der Waals surface area contributed by atoms with E-state index in [1.807, 2.05) is 18.2 Å². The molecule has 3 nitrogen and oxygen atoms in total. The lowest BCUT2D eigenvalue weighted by molar-refractivity contribution is 0.699. The Morgan fingerprint density at radius 2 is 1.88 bits per heavy atom. The van der Waals surface area contributed by atoms with Gasteiger partial charge in [-0.05, 0) is 19.4 Å². The Kier molecular flexibility index (Phi) is 7.97. The fourth-order valence-electron chi connectivity index (χ4n) is 1.25. The first-order valence-electron chi connectivity index (χ1n) is 5.23. The van der Waals surface area contributed by atoms with E-state index in [2.05, 4.69) is 41.6 Å². The van der Waals surface area contributed by atoms with Crippen LogP contribution in [0.25, 0.3) is 0 Å². The number of rotatable bonds is 3.